The number of fused-ring (bicyclic) bond motifs is 6. The molecule has 3 aromatic carbocycles. The van der Waals surface area contributed by atoms with Crippen molar-refractivity contribution in [3.8, 4) is 23.0 Å². The molecular weight excluding hydrogens is 604 g/mol. The van der Waals surface area contributed by atoms with Crippen LogP contribution in [0.1, 0.15) is 86.3 Å². The number of carbonyl (C=O) groups is 6. The second kappa shape index (κ2) is 11.5. The van der Waals surface area contributed by atoms with Gasteiger partial charge in [0, 0.05) is 54.6 Å². The third-order valence-corrected chi connectivity index (χ3v) is 7.91. The number of amides is 3. The molecule has 1 saturated heterocycles. The van der Waals surface area contributed by atoms with E-state index in [1.165, 1.54) is 42.5 Å². The van der Waals surface area contributed by atoms with E-state index in [0.29, 0.717) is 24.3 Å². The van der Waals surface area contributed by atoms with Gasteiger partial charge in [0.25, 0.3) is 17.7 Å². The minimum atomic E-state index is -1.77. The Morgan fingerprint density at radius 2 is 1.48 bits per heavy atom. The molecule has 1 spiro atoms. The number of benzene rings is 3. The number of esters is 1. The summed E-state index contributed by atoms with van der Waals surface area (Å²) in [5.74, 6) is -5.00. The van der Waals surface area contributed by atoms with Crippen molar-refractivity contribution >= 4 is 35.6 Å². The standard InChI is InChI=1S/C32H26N2O12/c35-17-5-7-20-23(14-17)44-24-15-18(36)6-8-21(24)32(20)22-13-16(30(41)42)12-19(28(22)31(43)45-32)29(40)33-11-3-1-2-4-27(39)46-34-25(37)9-10-26(34)38/h5-8,12-15,35-36H,1-4,9-11H2,(H,33,40)(H,41,42). The van der Waals surface area contributed by atoms with Gasteiger partial charge in [0.2, 0.25) is 0 Å². The number of aromatic hydroxyl groups is 2. The van der Waals surface area contributed by atoms with Crippen molar-refractivity contribution in [2.75, 3.05) is 6.54 Å². The second-order valence-electron chi connectivity index (χ2n) is 10.9. The number of carboxylic acids is 1. The number of carbonyl (C=O) groups excluding carboxylic acids is 5. The zero-order chi connectivity index (χ0) is 32.7. The molecule has 236 valence electrons. The van der Waals surface area contributed by atoms with Gasteiger partial charge in [-0.05, 0) is 49.2 Å². The minimum Gasteiger partial charge on any atom is -0.508 e. The number of aromatic carboxylic acids is 1. The van der Waals surface area contributed by atoms with Gasteiger partial charge in [0.1, 0.15) is 23.0 Å². The van der Waals surface area contributed by atoms with Crippen molar-refractivity contribution in [3.63, 3.8) is 0 Å². The molecule has 6 rings (SSSR count). The SMILES string of the molecule is O=C(CCCCCNC(=O)c1cc(C(=O)O)cc2c1C(=O)OC21c2ccc(O)cc2Oc2cc(O)ccc21)ON1C(=O)CCC1=O. The summed E-state index contributed by atoms with van der Waals surface area (Å²) in [6.07, 6.45) is 1.13. The average molecular weight is 631 g/mol. The summed E-state index contributed by atoms with van der Waals surface area (Å²) in [6, 6.07) is 10.5. The van der Waals surface area contributed by atoms with Crippen LogP contribution >= 0.6 is 0 Å². The molecule has 0 radical (unpaired) electrons. The van der Waals surface area contributed by atoms with Crippen molar-refractivity contribution in [1.29, 1.82) is 0 Å². The fraction of sp³-hybridized carbons (Fsp3) is 0.250. The highest BCUT2D eigenvalue weighted by Crippen LogP contribution is 2.57. The van der Waals surface area contributed by atoms with Crippen molar-refractivity contribution in [3.05, 3.63) is 81.9 Å². The summed E-state index contributed by atoms with van der Waals surface area (Å²) in [5.41, 5.74) is -1.84. The summed E-state index contributed by atoms with van der Waals surface area (Å²) in [6.45, 7) is 0.112. The molecule has 3 aliphatic rings. The molecule has 0 unspecified atom stereocenters. The third kappa shape index (κ3) is 5.12. The summed E-state index contributed by atoms with van der Waals surface area (Å²) in [4.78, 5) is 79.2. The number of ether oxygens (including phenoxy) is 2. The van der Waals surface area contributed by atoms with Gasteiger partial charge in [-0.25, -0.2) is 14.4 Å². The number of nitrogens with zero attached hydrogens (tertiary/aromatic N) is 1. The largest absolute Gasteiger partial charge is 0.508 e. The van der Waals surface area contributed by atoms with Gasteiger partial charge in [-0.15, -0.1) is 5.06 Å². The van der Waals surface area contributed by atoms with Crippen LogP contribution in [0.5, 0.6) is 23.0 Å². The molecule has 3 amide bonds. The number of hydroxylamine groups is 2. The van der Waals surface area contributed by atoms with Gasteiger partial charge in [-0.3, -0.25) is 14.4 Å². The van der Waals surface area contributed by atoms with Crippen LogP contribution < -0.4 is 10.1 Å². The number of carboxylic acid groups (broad SMARTS) is 1. The maximum atomic E-state index is 13.6. The van der Waals surface area contributed by atoms with Crippen LogP contribution in [0.2, 0.25) is 0 Å². The van der Waals surface area contributed by atoms with Crippen LogP contribution in [-0.2, 0) is 29.6 Å². The highest BCUT2D eigenvalue weighted by atomic mass is 16.7. The van der Waals surface area contributed by atoms with E-state index in [2.05, 4.69) is 5.32 Å². The van der Waals surface area contributed by atoms with E-state index >= 15 is 0 Å². The number of phenols is 2. The molecule has 3 aliphatic heterocycles. The van der Waals surface area contributed by atoms with Crippen LogP contribution in [0.4, 0.5) is 0 Å². The molecule has 14 nitrogen and oxygen atoms in total. The zero-order valence-electron chi connectivity index (χ0n) is 24.0. The van der Waals surface area contributed by atoms with E-state index in [-0.39, 0.29) is 82.2 Å². The Kier molecular flexibility index (Phi) is 7.56. The average Bonchev–Trinajstić information content (AvgIpc) is 3.49. The normalized spacial score (nSPS) is 15.5. The molecule has 14 heteroatoms. The molecular formula is C32H26N2O12. The van der Waals surface area contributed by atoms with Gasteiger partial charge in [-0.2, -0.15) is 0 Å². The monoisotopic (exact) mass is 630 g/mol. The lowest BCUT2D eigenvalue weighted by Crippen LogP contribution is -2.33. The number of hydrogen-bond donors (Lipinski definition) is 4. The van der Waals surface area contributed by atoms with E-state index in [1.807, 2.05) is 0 Å². The molecule has 0 bridgehead atoms. The Morgan fingerprint density at radius 3 is 2.09 bits per heavy atom. The number of nitrogens with one attached hydrogen (secondary N) is 1. The first kappa shape index (κ1) is 30.1. The summed E-state index contributed by atoms with van der Waals surface area (Å²) >= 11 is 0. The van der Waals surface area contributed by atoms with Crippen molar-refractivity contribution in [2.24, 2.45) is 0 Å². The van der Waals surface area contributed by atoms with Crippen molar-refractivity contribution in [2.45, 2.75) is 44.1 Å². The summed E-state index contributed by atoms with van der Waals surface area (Å²) in [5, 5.41) is 33.4. The molecule has 0 atom stereocenters. The number of rotatable bonds is 9. The van der Waals surface area contributed by atoms with E-state index in [9.17, 15) is 44.1 Å². The highest BCUT2D eigenvalue weighted by molar-refractivity contribution is 6.10. The van der Waals surface area contributed by atoms with Crippen LogP contribution in [0, 0.1) is 0 Å². The topological polar surface area (TPSA) is 206 Å². The second-order valence-corrected chi connectivity index (χ2v) is 10.9. The quantitative estimate of drug-likeness (QED) is 0.153. The van der Waals surface area contributed by atoms with Crippen molar-refractivity contribution < 1.29 is 58.4 Å². The molecule has 3 aromatic rings. The van der Waals surface area contributed by atoms with Gasteiger partial charge >= 0.3 is 17.9 Å². The predicted molar refractivity (Wildman–Crippen MR) is 153 cm³/mol. The van der Waals surface area contributed by atoms with Crippen LogP contribution in [0.25, 0.3) is 0 Å². The molecule has 1 fully saturated rings. The highest BCUT2D eigenvalue weighted by Gasteiger charge is 2.55. The molecule has 3 heterocycles. The minimum absolute atomic E-state index is 0.00674. The fourth-order valence-corrected chi connectivity index (χ4v) is 5.80. The Labute approximate surface area is 260 Å². The molecule has 0 aliphatic carbocycles. The van der Waals surface area contributed by atoms with Crippen LogP contribution in [0.15, 0.2) is 48.5 Å². The fourth-order valence-electron chi connectivity index (χ4n) is 5.80. The first-order valence-corrected chi connectivity index (χ1v) is 14.3. The smallest absolute Gasteiger partial charge is 0.340 e. The number of phenolic OH excluding ortho intramolecular Hbond substituents is 2. The maximum Gasteiger partial charge on any atom is 0.340 e. The van der Waals surface area contributed by atoms with E-state index in [0.717, 1.165) is 6.07 Å². The number of hydrogen-bond acceptors (Lipinski definition) is 11. The Hall–Kier alpha value is -5.92. The van der Waals surface area contributed by atoms with Crippen molar-refractivity contribution in [1.82, 2.24) is 10.4 Å². The molecule has 0 saturated carbocycles. The van der Waals surface area contributed by atoms with E-state index in [1.54, 1.807) is 0 Å². The lowest BCUT2D eigenvalue weighted by atomic mass is 9.76. The first-order chi connectivity index (χ1) is 22.0. The Morgan fingerprint density at radius 1 is 0.848 bits per heavy atom. The predicted octanol–water partition coefficient (Wildman–Crippen LogP) is 3.26. The Bertz CT molecular complexity index is 1780. The van der Waals surface area contributed by atoms with Crippen LogP contribution in [-0.4, -0.2) is 62.6 Å². The summed E-state index contributed by atoms with van der Waals surface area (Å²) in [7, 11) is 0. The number of unbranched alkanes of at least 4 members (excludes halogenated alkanes) is 2. The van der Waals surface area contributed by atoms with Gasteiger partial charge in [-0.1, -0.05) is 6.42 Å². The summed E-state index contributed by atoms with van der Waals surface area (Å²) < 4.78 is 11.9. The lowest BCUT2D eigenvalue weighted by molar-refractivity contribution is -0.197. The molecule has 46 heavy (non-hydrogen) atoms. The first-order valence-electron chi connectivity index (χ1n) is 14.3. The molecule has 4 N–H and O–H groups in total. The van der Waals surface area contributed by atoms with E-state index < -0.39 is 41.2 Å². The van der Waals surface area contributed by atoms with Crippen LogP contribution in [0.3, 0.4) is 0 Å². The number of imide groups is 1. The van der Waals surface area contributed by atoms with Gasteiger partial charge < -0.3 is 34.9 Å². The maximum absolute atomic E-state index is 13.6. The third-order valence-electron chi connectivity index (χ3n) is 7.91. The Balaban J connectivity index is 1.23. The lowest BCUT2D eigenvalue weighted by Gasteiger charge is -2.36. The van der Waals surface area contributed by atoms with E-state index in [4.69, 9.17) is 14.3 Å². The zero-order valence-corrected chi connectivity index (χ0v) is 24.0. The van der Waals surface area contributed by atoms with Gasteiger partial charge in [0.05, 0.1) is 16.7 Å². The van der Waals surface area contributed by atoms with Gasteiger partial charge in [0.15, 0.2) is 5.60 Å². The molecule has 0 aromatic heterocycles.